The maximum atomic E-state index is 5.80. The lowest BCUT2D eigenvalue weighted by Gasteiger charge is -2.15. The molecule has 17 heavy (non-hydrogen) atoms. The van der Waals surface area contributed by atoms with Crippen molar-refractivity contribution in [2.75, 3.05) is 0 Å². The Morgan fingerprint density at radius 2 is 1.94 bits per heavy atom. The minimum atomic E-state index is 0.161. The third kappa shape index (κ3) is 2.09. The molecule has 1 unspecified atom stereocenters. The van der Waals surface area contributed by atoms with Gasteiger partial charge in [0.2, 0.25) is 4.70 Å². The first kappa shape index (κ1) is 11.5. The maximum Gasteiger partial charge on any atom is 0.318 e. The highest BCUT2D eigenvalue weighted by Gasteiger charge is 2.32. The van der Waals surface area contributed by atoms with Gasteiger partial charge in [0.25, 0.3) is 0 Å². The first-order valence-corrected chi connectivity index (χ1v) is 8.34. The van der Waals surface area contributed by atoms with Gasteiger partial charge < -0.3 is 0 Å². The number of hydrogen-bond acceptors (Lipinski definition) is 3. The van der Waals surface area contributed by atoms with Crippen molar-refractivity contribution in [3.8, 4) is 0 Å². The van der Waals surface area contributed by atoms with Crippen molar-refractivity contribution < 1.29 is 0 Å². The third-order valence-corrected chi connectivity index (χ3v) is 7.03. The van der Waals surface area contributed by atoms with Crippen LogP contribution in [0, 0.1) is 0 Å². The molecule has 1 saturated carbocycles. The van der Waals surface area contributed by atoms with E-state index in [4.69, 9.17) is 10.1 Å². The van der Waals surface area contributed by atoms with Gasteiger partial charge in [0.1, 0.15) is 10.8 Å². The van der Waals surface area contributed by atoms with Crippen LogP contribution in [-0.4, -0.2) is 4.98 Å². The fraction of sp³-hybridized carbons (Fsp3) is 0.462. The standard InChI is InChI=1S/C13H17N2S2/c14-16-13-15-11-8-4-5-9-12(11)17(13)10-6-2-1-3-7-10/h4-5,8-10H,1-3,6-7,14H2/q+1. The largest absolute Gasteiger partial charge is 0.318 e. The lowest BCUT2D eigenvalue weighted by atomic mass is 10.0. The summed E-state index contributed by atoms with van der Waals surface area (Å²) in [7, 11) is 0.161. The first-order chi connectivity index (χ1) is 8.40. The predicted octanol–water partition coefficient (Wildman–Crippen LogP) is 4.45. The monoisotopic (exact) mass is 265 g/mol. The van der Waals surface area contributed by atoms with E-state index >= 15 is 0 Å². The minimum Gasteiger partial charge on any atom is -0.268 e. The van der Waals surface area contributed by atoms with Crippen molar-refractivity contribution in [3.63, 3.8) is 0 Å². The number of thiazole rings is 1. The van der Waals surface area contributed by atoms with Crippen molar-refractivity contribution in [2.24, 2.45) is 5.14 Å². The van der Waals surface area contributed by atoms with Crippen molar-refractivity contribution in [2.45, 2.75) is 41.7 Å². The van der Waals surface area contributed by atoms with Gasteiger partial charge in [-0.25, -0.2) is 0 Å². The topological polar surface area (TPSA) is 38.9 Å². The molecule has 0 radical (unpaired) electrons. The molecule has 0 saturated heterocycles. The zero-order chi connectivity index (χ0) is 11.7. The summed E-state index contributed by atoms with van der Waals surface area (Å²) in [4.78, 5) is 4.69. The highest BCUT2D eigenvalue weighted by molar-refractivity contribution is 7.99. The smallest absolute Gasteiger partial charge is 0.268 e. The third-order valence-electron chi connectivity index (χ3n) is 3.49. The van der Waals surface area contributed by atoms with Gasteiger partial charge in [0.05, 0.1) is 0 Å². The van der Waals surface area contributed by atoms with Crippen molar-refractivity contribution in [1.82, 2.24) is 4.98 Å². The molecule has 1 atom stereocenters. The number of nitrogens with zero attached hydrogens (tertiary/aromatic N) is 1. The Kier molecular flexibility index (Phi) is 3.36. The van der Waals surface area contributed by atoms with Crippen molar-refractivity contribution >= 4 is 32.6 Å². The lowest BCUT2D eigenvalue weighted by Crippen LogP contribution is -1.99. The molecule has 0 bridgehead atoms. The Labute approximate surface area is 109 Å². The van der Waals surface area contributed by atoms with Crippen molar-refractivity contribution in [3.05, 3.63) is 24.3 Å². The molecule has 1 aromatic carbocycles. The molecule has 4 heteroatoms. The fourth-order valence-corrected chi connectivity index (χ4v) is 6.32. The van der Waals surface area contributed by atoms with E-state index in [1.165, 1.54) is 48.8 Å². The average molecular weight is 265 g/mol. The van der Waals surface area contributed by atoms with Gasteiger partial charge in [-0.1, -0.05) is 18.6 Å². The predicted molar refractivity (Wildman–Crippen MR) is 76.4 cm³/mol. The molecule has 0 spiro atoms. The van der Waals surface area contributed by atoms with Crippen LogP contribution in [-0.2, 0) is 0 Å². The van der Waals surface area contributed by atoms with Crippen LogP contribution in [0.1, 0.15) is 37.4 Å². The van der Waals surface area contributed by atoms with E-state index < -0.39 is 0 Å². The number of rotatable bonds is 2. The molecule has 2 aromatic rings. The lowest BCUT2D eigenvalue weighted by molar-refractivity contribution is 0.487. The SMILES string of the molecule is NSc1nc2ccccc2[s+]1C1CCCCC1. The minimum absolute atomic E-state index is 0.161. The van der Waals surface area contributed by atoms with Gasteiger partial charge in [-0.05, 0) is 31.7 Å². The second kappa shape index (κ2) is 4.96. The molecule has 2 N–H and O–H groups in total. The second-order valence-corrected chi connectivity index (χ2v) is 7.61. The number of aromatic nitrogens is 1. The van der Waals surface area contributed by atoms with Gasteiger partial charge in [0, 0.05) is 28.5 Å². The Bertz CT molecular complexity index is 515. The Morgan fingerprint density at radius 1 is 1.18 bits per heavy atom. The van der Waals surface area contributed by atoms with Crippen LogP contribution < -0.4 is 5.14 Å². The molecule has 90 valence electrons. The second-order valence-electron chi connectivity index (χ2n) is 4.56. The summed E-state index contributed by atoms with van der Waals surface area (Å²) < 4.78 is 2.57. The van der Waals surface area contributed by atoms with Crippen LogP contribution in [0.15, 0.2) is 28.6 Å². The number of para-hydroxylation sites is 1. The average Bonchev–Trinajstić information content (AvgIpc) is 2.78. The van der Waals surface area contributed by atoms with Gasteiger partial charge in [-0.3, -0.25) is 5.14 Å². The normalized spacial score (nSPS) is 18.8. The summed E-state index contributed by atoms with van der Waals surface area (Å²) in [5.74, 6) is 0. The quantitative estimate of drug-likeness (QED) is 0.644. The zero-order valence-corrected chi connectivity index (χ0v) is 11.4. The van der Waals surface area contributed by atoms with Crippen LogP contribution in [0.4, 0.5) is 0 Å². The summed E-state index contributed by atoms with van der Waals surface area (Å²) >= 11 is 1.35. The van der Waals surface area contributed by atoms with E-state index in [2.05, 4.69) is 24.3 Å². The van der Waals surface area contributed by atoms with Crippen molar-refractivity contribution in [1.29, 1.82) is 0 Å². The Hall–Kier alpha value is -0.580. The van der Waals surface area contributed by atoms with Crippen LogP contribution in [0.3, 0.4) is 0 Å². The number of nitrogens with two attached hydrogens (primary N) is 1. The molecular weight excluding hydrogens is 248 g/mol. The number of hydrogen-bond donors (Lipinski definition) is 1. The van der Waals surface area contributed by atoms with Gasteiger partial charge >= 0.3 is 4.34 Å². The van der Waals surface area contributed by atoms with E-state index in [-0.39, 0.29) is 10.5 Å². The molecule has 1 aromatic heterocycles. The molecule has 0 aliphatic heterocycles. The molecule has 1 heterocycles. The molecular formula is C13H17N2S2+. The molecule has 1 fully saturated rings. The van der Waals surface area contributed by atoms with E-state index in [1.807, 2.05) is 0 Å². The summed E-state index contributed by atoms with van der Waals surface area (Å²) in [6.07, 6.45) is 6.84. The van der Waals surface area contributed by atoms with Crippen LogP contribution >= 0.6 is 22.4 Å². The zero-order valence-electron chi connectivity index (χ0n) is 9.76. The van der Waals surface area contributed by atoms with Gasteiger partial charge in [-0.15, -0.1) is 0 Å². The van der Waals surface area contributed by atoms with Crippen LogP contribution in [0.25, 0.3) is 10.2 Å². The summed E-state index contributed by atoms with van der Waals surface area (Å²) in [6.45, 7) is 0. The molecule has 2 nitrogen and oxygen atoms in total. The van der Waals surface area contributed by atoms with E-state index in [9.17, 15) is 0 Å². The van der Waals surface area contributed by atoms with Gasteiger partial charge in [0.15, 0.2) is 0 Å². The van der Waals surface area contributed by atoms with E-state index in [0.29, 0.717) is 0 Å². The summed E-state index contributed by atoms with van der Waals surface area (Å²) in [6, 6.07) is 8.54. The summed E-state index contributed by atoms with van der Waals surface area (Å²) in [5.41, 5.74) is 1.15. The van der Waals surface area contributed by atoms with E-state index in [0.717, 1.165) is 15.1 Å². The number of fused-ring (bicyclic) bond motifs is 1. The highest BCUT2D eigenvalue weighted by Crippen LogP contribution is 2.50. The molecule has 0 amide bonds. The van der Waals surface area contributed by atoms with Crippen LogP contribution in [0.2, 0.25) is 0 Å². The molecule has 1 aliphatic carbocycles. The maximum absolute atomic E-state index is 5.80. The Morgan fingerprint density at radius 3 is 2.71 bits per heavy atom. The summed E-state index contributed by atoms with van der Waals surface area (Å²) in [5, 5.41) is 6.58. The first-order valence-electron chi connectivity index (χ1n) is 6.17. The molecule has 1 aliphatic rings. The highest BCUT2D eigenvalue weighted by atomic mass is 32.2. The fourth-order valence-electron chi connectivity index (χ4n) is 2.68. The Balaban J connectivity index is 2.11. The number of benzene rings is 1. The molecule has 3 rings (SSSR count). The van der Waals surface area contributed by atoms with Gasteiger partial charge in [-0.2, -0.15) is 4.98 Å². The van der Waals surface area contributed by atoms with E-state index in [1.54, 1.807) is 0 Å². The van der Waals surface area contributed by atoms with Crippen LogP contribution in [0.5, 0.6) is 0 Å².